The SMILES string of the molecule is CNc1ncnc(N(C)C(=O)Nc2cc(C(=O)Nc3ccc4ccccc4c3)ccc2C)n1. The molecule has 166 valence electrons. The Morgan fingerprint density at radius 3 is 2.48 bits per heavy atom. The molecule has 1 heterocycles. The first-order valence-electron chi connectivity index (χ1n) is 10.3. The average molecular weight is 441 g/mol. The molecule has 0 aliphatic rings. The number of anilines is 4. The van der Waals surface area contributed by atoms with Crippen molar-refractivity contribution in [2.45, 2.75) is 6.92 Å². The van der Waals surface area contributed by atoms with Crippen molar-refractivity contribution in [1.29, 1.82) is 0 Å². The predicted molar refractivity (Wildman–Crippen MR) is 130 cm³/mol. The minimum absolute atomic E-state index is 0.190. The van der Waals surface area contributed by atoms with Crippen LogP contribution in [-0.2, 0) is 0 Å². The second kappa shape index (κ2) is 9.31. The molecule has 3 amide bonds. The first-order chi connectivity index (χ1) is 15.9. The zero-order chi connectivity index (χ0) is 23.4. The predicted octanol–water partition coefficient (Wildman–Crippen LogP) is 4.30. The lowest BCUT2D eigenvalue weighted by atomic mass is 10.1. The van der Waals surface area contributed by atoms with Crippen molar-refractivity contribution in [3.8, 4) is 0 Å². The van der Waals surface area contributed by atoms with Crippen LogP contribution in [0.5, 0.6) is 0 Å². The summed E-state index contributed by atoms with van der Waals surface area (Å²) in [7, 11) is 3.23. The fourth-order valence-electron chi connectivity index (χ4n) is 3.23. The van der Waals surface area contributed by atoms with E-state index < -0.39 is 6.03 Å². The Labute approximate surface area is 190 Å². The number of carbonyl (C=O) groups excluding carboxylic acids is 2. The van der Waals surface area contributed by atoms with Crippen LogP contribution in [0, 0.1) is 6.92 Å². The van der Waals surface area contributed by atoms with Crippen molar-refractivity contribution in [1.82, 2.24) is 15.0 Å². The van der Waals surface area contributed by atoms with Crippen molar-refractivity contribution in [3.05, 3.63) is 78.1 Å². The molecule has 9 heteroatoms. The summed E-state index contributed by atoms with van der Waals surface area (Å²) >= 11 is 0. The van der Waals surface area contributed by atoms with Crippen LogP contribution in [0.25, 0.3) is 10.8 Å². The quantitative estimate of drug-likeness (QED) is 0.426. The number of benzene rings is 3. The molecule has 0 bridgehead atoms. The minimum atomic E-state index is -0.446. The van der Waals surface area contributed by atoms with E-state index in [0.29, 0.717) is 22.9 Å². The van der Waals surface area contributed by atoms with Crippen molar-refractivity contribution in [2.24, 2.45) is 0 Å². The Kier molecular flexibility index (Phi) is 6.12. The van der Waals surface area contributed by atoms with E-state index in [1.54, 1.807) is 32.3 Å². The van der Waals surface area contributed by atoms with E-state index in [2.05, 4.69) is 30.9 Å². The van der Waals surface area contributed by atoms with Gasteiger partial charge in [0.25, 0.3) is 5.91 Å². The summed E-state index contributed by atoms with van der Waals surface area (Å²) < 4.78 is 0. The molecule has 0 unspecified atom stereocenters. The normalized spacial score (nSPS) is 10.5. The molecule has 1 aromatic heterocycles. The van der Waals surface area contributed by atoms with Gasteiger partial charge >= 0.3 is 6.03 Å². The summed E-state index contributed by atoms with van der Waals surface area (Å²) in [5, 5.41) is 10.7. The largest absolute Gasteiger partial charge is 0.357 e. The lowest BCUT2D eigenvalue weighted by Gasteiger charge is -2.17. The van der Waals surface area contributed by atoms with Gasteiger partial charge in [0.2, 0.25) is 11.9 Å². The number of fused-ring (bicyclic) bond motifs is 1. The number of carbonyl (C=O) groups is 2. The van der Waals surface area contributed by atoms with Gasteiger partial charge in [-0.3, -0.25) is 9.69 Å². The van der Waals surface area contributed by atoms with E-state index in [-0.39, 0.29) is 11.9 Å². The molecular formula is C24H23N7O2. The second-order valence-corrected chi connectivity index (χ2v) is 7.39. The first kappa shape index (κ1) is 21.7. The van der Waals surface area contributed by atoms with Gasteiger partial charge in [0.15, 0.2) is 0 Å². The fourth-order valence-corrected chi connectivity index (χ4v) is 3.23. The van der Waals surface area contributed by atoms with Gasteiger partial charge in [0.1, 0.15) is 6.33 Å². The Morgan fingerprint density at radius 2 is 1.70 bits per heavy atom. The minimum Gasteiger partial charge on any atom is -0.357 e. The van der Waals surface area contributed by atoms with Crippen molar-refractivity contribution in [3.63, 3.8) is 0 Å². The molecule has 3 N–H and O–H groups in total. The number of nitrogens with zero attached hydrogens (tertiary/aromatic N) is 4. The first-order valence-corrected chi connectivity index (χ1v) is 10.3. The van der Waals surface area contributed by atoms with E-state index in [1.165, 1.54) is 11.2 Å². The van der Waals surface area contributed by atoms with Crippen LogP contribution < -0.4 is 20.9 Å². The van der Waals surface area contributed by atoms with Gasteiger partial charge in [-0.05, 0) is 47.5 Å². The number of hydrogen-bond donors (Lipinski definition) is 3. The molecule has 0 saturated carbocycles. The number of aryl methyl sites for hydroxylation is 1. The smallest absolute Gasteiger partial charge is 0.328 e. The van der Waals surface area contributed by atoms with Gasteiger partial charge in [-0.25, -0.2) is 14.8 Å². The molecular weight excluding hydrogens is 418 g/mol. The number of nitrogens with one attached hydrogen (secondary N) is 3. The van der Waals surface area contributed by atoms with Crippen LogP contribution >= 0.6 is 0 Å². The summed E-state index contributed by atoms with van der Waals surface area (Å²) in [5.41, 5.74) is 2.44. The van der Waals surface area contributed by atoms with Gasteiger partial charge < -0.3 is 16.0 Å². The molecule has 0 atom stereocenters. The van der Waals surface area contributed by atoms with E-state index in [0.717, 1.165) is 16.3 Å². The van der Waals surface area contributed by atoms with Gasteiger partial charge in [0.05, 0.1) is 0 Å². The van der Waals surface area contributed by atoms with E-state index in [1.807, 2.05) is 49.4 Å². The van der Waals surface area contributed by atoms with Crippen LogP contribution in [0.15, 0.2) is 67.0 Å². The molecule has 3 aromatic carbocycles. The Balaban J connectivity index is 1.50. The van der Waals surface area contributed by atoms with Gasteiger partial charge in [-0.15, -0.1) is 0 Å². The van der Waals surface area contributed by atoms with Crippen LogP contribution in [-0.4, -0.2) is 41.0 Å². The number of amides is 3. The summed E-state index contributed by atoms with van der Waals surface area (Å²) in [6, 6.07) is 18.4. The molecule has 9 nitrogen and oxygen atoms in total. The summed E-state index contributed by atoms with van der Waals surface area (Å²) in [5.74, 6) is 0.267. The highest BCUT2D eigenvalue weighted by molar-refractivity contribution is 6.07. The Morgan fingerprint density at radius 1 is 0.909 bits per heavy atom. The van der Waals surface area contributed by atoms with Gasteiger partial charge in [-0.2, -0.15) is 4.98 Å². The highest BCUT2D eigenvalue weighted by Gasteiger charge is 2.17. The molecule has 0 spiro atoms. The number of rotatable bonds is 5. The average Bonchev–Trinajstić information content (AvgIpc) is 2.84. The molecule has 0 aliphatic carbocycles. The lowest BCUT2D eigenvalue weighted by molar-refractivity contribution is 0.102. The molecule has 33 heavy (non-hydrogen) atoms. The molecule has 0 radical (unpaired) electrons. The summed E-state index contributed by atoms with van der Waals surface area (Å²) in [6.07, 6.45) is 1.32. The number of hydrogen-bond acceptors (Lipinski definition) is 6. The van der Waals surface area contributed by atoms with Crippen LogP contribution in [0.2, 0.25) is 0 Å². The van der Waals surface area contributed by atoms with Crippen LogP contribution in [0.1, 0.15) is 15.9 Å². The summed E-state index contributed by atoms with van der Waals surface area (Å²) in [6.45, 7) is 1.85. The van der Waals surface area contributed by atoms with Crippen molar-refractivity contribution >= 4 is 46.0 Å². The van der Waals surface area contributed by atoms with Crippen molar-refractivity contribution in [2.75, 3.05) is 34.9 Å². The van der Waals surface area contributed by atoms with Crippen LogP contribution in [0.3, 0.4) is 0 Å². The van der Waals surface area contributed by atoms with E-state index in [4.69, 9.17) is 0 Å². The van der Waals surface area contributed by atoms with E-state index in [9.17, 15) is 9.59 Å². The van der Waals surface area contributed by atoms with E-state index >= 15 is 0 Å². The zero-order valence-corrected chi connectivity index (χ0v) is 18.5. The monoisotopic (exact) mass is 441 g/mol. The number of urea groups is 1. The third kappa shape index (κ3) is 4.87. The molecule has 4 aromatic rings. The van der Waals surface area contributed by atoms with Gasteiger partial charge in [0, 0.05) is 31.0 Å². The Hall–Kier alpha value is -4.53. The third-order valence-corrected chi connectivity index (χ3v) is 5.14. The topological polar surface area (TPSA) is 112 Å². The van der Waals surface area contributed by atoms with Crippen molar-refractivity contribution < 1.29 is 9.59 Å². The summed E-state index contributed by atoms with van der Waals surface area (Å²) in [4.78, 5) is 39.0. The lowest BCUT2D eigenvalue weighted by Crippen LogP contribution is -2.33. The maximum atomic E-state index is 12.9. The fraction of sp³-hybridized carbons (Fsp3) is 0.125. The second-order valence-electron chi connectivity index (χ2n) is 7.39. The van der Waals surface area contributed by atoms with Gasteiger partial charge in [-0.1, -0.05) is 36.4 Å². The molecule has 0 fully saturated rings. The number of aromatic nitrogens is 3. The maximum absolute atomic E-state index is 12.9. The maximum Gasteiger partial charge on any atom is 0.328 e. The highest BCUT2D eigenvalue weighted by atomic mass is 16.2. The standard InChI is InChI=1S/C24H23N7O2/c1-15-8-9-18(21(32)28-19-11-10-16-6-4-5-7-17(16)12-19)13-20(15)29-24(33)31(3)23-27-14-26-22(25-2)30-23/h4-14H,1-3H3,(H,28,32)(H,29,33)(H,25,26,27,30). The third-order valence-electron chi connectivity index (χ3n) is 5.14. The molecule has 0 aliphatic heterocycles. The van der Waals surface area contributed by atoms with Crippen LogP contribution in [0.4, 0.5) is 28.1 Å². The molecule has 4 rings (SSSR count). The highest BCUT2D eigenvalue weighted by Crippen LogP contribution is 2.22. The Bertz CT molecular complexity index is 1340. The molecule has 0 saturated heterocycles. The zero-order valence-electron chi connectivity index (χ0n) is 18.5.